The normalized spacial score (nSPS) is 18.9. The van der Waals surface area contributed by atoms with Crippen molar-refractivity contribution < 1.29 is 9.59 Å². The van der Waals surface area contributed by atoms with Crippen molar-refractivity contribution in [1.82, 2.24) is 9.80 Å². The Balaban J connectivity index is 2.08. The third-order valence-corrected chi connectivity index (χ3v) is 6.46. The smallest absolute Gasteiger partial charge is 0.266 e. The molecule has 2 saturated heterocycles. The highest BCUT2D eigenvalue weighted by atomic mass is 32.2. The molecule has 2 aliphatic rings. The molecule has 0 aliphatic carbocycles. The van der Waals surface area contributed by atoms with Crippen LogP contribution in [0, 0.1) is 0 Å². The minimum Gasteiger partial charge on any atom is -0.291 e. The number of rotatable bonds is 3. The Bertz CT molecular complexity index is 587. The molecule has 0 aromatic carbocycles. The highest BCUT2D eigenvalue weighted by Crippen LogP contribution is 2.35. The van der Waals surface area contributed by atoms with Gasteiger partial charge in [0.2, 0.25) is 0 Å². The molecule has 2 rings (SSSR count). The van der Waals surface area contributed by atoms with Gasteiger partial charge in [-0.2, -0.15) is 0 Å². The molecule has 0 unspecified atom stereocenters. The van der Waals surface area contributed by atoms with Crippen LogP contribution in [0.25, 0.3) is 0 Å². The predicted molar refractivity (Wildman–Crippen MR) is 101 cm³/mol. The first-order valence-corrected chi connectivity index (χ1v) is 9.11. The number of allylic oxidation sites excluding steroid dienone is 2. The van der Waals surface area contributed by atoms with Crippen LogP contribution in [0.4, 0.5) is 0 Å². The van der Waals surface area contributed by atoms with Gasteiger partial charge >= 0.3 is 0 Å². The van der Waals surface area contributed by atoms with Gasteiger partial charge in [-0.25, -0.2) is 0 Å². The number of nitrogens with zero attached hydrogens (tertiary/aromatic N) is 2. The molecular formula is C14H16N2O2S4. The average molecular weight is 373 g/mol. The van der Waals surface area contributed by atoms with E-state index in [9.17, 15) is 9.59 Å². The van der Waals surface area contributed by atoms with Crippen LogP contribution >= 0.6 is 48.0 Å². The zero-order valence-electron chi connectivity index (χ0n) is 12.8. The fourth-order valence-electron chi connectivity index (χ4n) is 2.00. The Morgan fingerprint density at radius 3 is 1.36 bits per heavy atom. The van der Waals surface area contributed by atoms with E-state index in [-0.39, 0.29) is 11.8 Å². The maximum Gasteiger partial charge on any atom is 0.266 e. The molecule has 0 bridgehead atoms. The van der Waals surface area contributed by atoms with Crippen molar-refractivity contribution in [2.45, 2.75) is 27.7 Å². The lowest BCUT2D eigenvalue weighted by molar-refractivity contribution is -0.125. The number of hydrogen-bond donors (Lipinski definition) is 0. The molecular weight excluding hydrogens is 356 g/mol. The van der Waals surface area contributed by atoms with Crippen molar-refractivity contribution in [3.63, 3.8) is 0 Å². The molecule has 0 spiro atoms. The van der Waals surface area contributed by atoms with Crippen molar-refractivity contribution >= 4 is 68.4 Å². The van der Waals surface area contributed by atoms with E-state index in [1.165, 1.54) is 23.5 Å². The molecule has 0 N–H and O–H groups in total. The number of carbonyl (C=O) groups is 2. The first-order valence-electron chi connectivity index (χ1n) is 6.66. The summed E-state index contributed by atoms with van der Waals surface area (Å²) in [5, 5.41) is 0. The van der Waals surface area contributed by atoms with E-state index in [2.05, 4.69) is 0 Å². The third kappa shape index (κ3) is 3.29. The summed E-state index contributed by atoms with van der Waals surface area (Å²) < 4.78 is 1.07. The highest BCUT2D eigenvalue weighted by Gasteiger charge is 2.36. The second-order valence-corrected chi connectivity index (χ2v) is 8.60. The first-order chi connectivity index (χ1) is 10.2. The molecule has 0 aromatic heterocycles. The van der Waals surface area contributed by atoms with Crippen molar-refractivity contribution in [3.05, 3.63) is 21.0 Å². The first kappa shape index (κ1) is 17.7. The lowest BCUT2D eigenvalue weighted by atomic mass is 10.3. The maximum atomic E-state index is 12.3. The number of thiocarbonyl (C=S) groups is 2. The Morgan fingerprint density at radius 2 is 1.14 bits per heavy atom. The number of thioether (sulfide) groups is 2. The fourth-order valence-corrected chi connectivity index (χ4v) is 4.57. The second-order valence-electron chi connectivity index (χ2n) is 5.31. The van der Waals surface area contributed by atoms with Crippen molar-refractivity contribution in [2.24, 2.45) is 0 Å². The number of amides is 2. The molecule has 0 saturated carbocycles. The minimum atomic E-state index is -0.0809. The predicted octanol–water partition coefficient (Wildman–Crippen LogP) is 3.29. The molecule has 2 amide bonds. The van der Waals surface area contributed by atoms with Gasteiger partial charge in [-0.05, 0) is 27.7 Å². The number of carbonyl (C=O) groups excluding carboxylic acids is 2. The molecule has 8 heteroatoms. The van der Waals surface area contributed by atoms with E-state index >= 15 is 0 Å². The van der Waals surface area contributed by atoms with Gasteiger partial charge in [0.15, 0.2) is 0 Å². The third-order valence-electron chi connectivity index (χ3n) is 3.15. The standard InChI is InChI=1S/C14H16N2O2S4/c1-7(2)9-11(17)15(13(19)21-9)5-6-16-12(18)10(8(3)4)22-14(16)20/h5-6H2,1-4H3. The van der Waals surface area contributed by atoms with E-state index in [1.54, 1.807) is 9.80 Å². The van der Waals surface area contributed by atoms with Gasteiger partial charge in [-0.1, -0.05) is 59.1 Å². The minimum absolute atomic E-state index is 0.0809. The van der Waals surface area contributed by atoms with Gasteiger partial charge in [0.1, 0.15) is 8.64 Å². The summed E-state index contributed by atoms with van der Waals surface area (Å²) >= 11 is 13.2. The SMILES string of the molecule is CC(C)=C1SC(=S)N(CCN2C(=O)C(=C(C)C)SC2=S)C1=O. The molecule has 118 valence electrons. The monoisotopic (exact) mass is 372 g/mol. The van der Waals surface area contributed by atoms with E-state index < -0.39 is 0 Å². The van der Waals surface area contributed by atoms with Crippen LogP contribution in [0.15, 0.2) is 21.0 Å². The Kier molecular flexibility index (Phi) is 5.47. The van der Waals surface area contributed by atoms with Gasteiger partial charge in [-0.3, -0.25) is 19.4 Å². The van der Waals surface area contributed by atoms with E-state index in [0.29, 0.717) is 31.5 Å². The number of hydrogen-bond acceptors (Lipinski definition) is 6. The summed E-state index contributed by atoms with van der Waals surface area (Å²) in [7, 11) is 0. The van der Waals surface area contributed by atoms with Crippen LogP contribution in [0.2, 0.25) is 0 Å². The summed E-state index contributed by atoms with van der Waals surface area (Å²) in [6, 6.07) is 0. The van der Waals surface area contributed by atoms with Gasteiger partial charge < -0.3 is 0 Å². The summed E-state index contributed by atoms with van der Waals surface area (Å²) in [5.74, 6) is -0.162. The molecule has 0 radical (unpaired) electrons. The fraction of sp³-hybridized carbons (Fsp3) is 0.429. The Labute approximate surface area is 149 Å². The summed E-state index contributed by atoms with van der Waals surface area (Å²) in [4.78, 5) is 29.1. The molecule has 0 aromatic rings. The van der Waals surface area contributed by atoms with E-state index in [0.717, 1.165) is 11.1 Å². The zero-order chi connectivity index (χ0) is 16.6. The van der Waals surface area contributed by atoms with Crippen LogP contribution in [-0.4, -0.2) is 43.3 Å². The summed E-state index contributed by atoms with van der Waals surface area (Å²) in [6.07, 6.45) is 0. The zero-order valence-corrected chi connectivity index (χ0v) is 16.0. The molecule has 4 nitrogen and oxygen atoms in total. The summed E-state index contributed by atoms with van der Waals surface area (Å²) in [6.45, 7) is 8.30. The van der Waals surface area contributed by atoms with Crippen molar-refractivity contribution in [1.29, 1.82) is 0 Å². The second kappa shape index (κ2) is 6.82. The molecule has 2 aliphatic heterocycles. The maximum absolute atomic E-state index is 12.3. The van der Waals surface area contributed by atoms with Crippen molar-refractivity contribution in [2.75, 3.05) is 13.1 Å². The van der Waals surface area contributed by atoms with Crippen LogP contribution in [0.3, 0.4) is 0 Å². The van der Waals surface area contributed by atoms with E-state index in [1.807, 2.05) is 27.7 Å². The highest BCUT2D eigenvalue weighted by molar-refractivity contribution is 8.27. The lowest BCUT2D eigenvalue weighted by Crippen LogP contribution is -2.39. The van der Waals surface area contributed by atoms with Crippen LogP contribution in [-0.2, 0) is 9.59 Å². The van der Waals surface area contributed by atoms with Crippen LogP contribution in [0.5, 0.6) is 0 Å². The largest absolute Gasteiger partial charge is 0.291 e. The molecule has 2 heterocycles. The summed E-state index contributed by atoms with van der Waals surface area (Å²) in [5.41, 5.74) is 1.91. The van der Waals surface area contributed by atoms with Crippen molar-refractivity contribution in [3.8, 4) is 0 Å². The van der Waals surface area contributed by atoms with Gasteiger partial charge in [0.05, 0.1) is 9.81 Å². The average Bonchev–Trinajstić information content (AvgIpc) is 2.86. The lowest BCUT2D eigenvalue weighted by Gasteiger charge is -2.19. The van der Waals surface area contributed by atoms with E-state index in [4.69, 9.17) is 24.4 Å². The van der Waals surface area contributed by atoms with Gasteiger partial charge in [0.25, 0.3) is 11.8 Å². The quantitative estimate of drug-likeness (QED) is 0.559. The Morgan fingerprint density at radius 1 is 0.818 bits per heavy atom. The van der Waals surface area contributed by atoms with Crippen LogP contribution in [0.1, 0.15) is 27.7 Å². The topological polar surface area (TPSA) is 40.6 Å². The molecule has 22 heavy (non-hydrogen) atoms. The molecule has 0 atom stereocenters. The molecule has 2 fully saturated rings. The Hall–Kier alpha value is -0.700. The van der Waals surface area contributed by atoms with Crippen LogP contribution < -0.4 is 0 Å². The van der Waals surface area contributed by atoms with Gasteiger partial charge in [-0.15, -0.1) is 0 Å². The van der Waals surface area contributed by atoms with Gasteiger partial charge in [0, 0.05) is 13.1 Å².